The summed E-state index contributed by atoms with van der Waals surface area (Å²) in [6, 6.07) is 4.95. The largest absolute Gasteiger partial charge is 0.492 e. The molecule has 0 amide bonds. The standard InChI is InChI=1S/C15H15NO3S/c1-2-3-12-14(18-8-9-20-10-16)5-4-11-13(17)6-7-19-15(11)12/h4-7H,2-3,8-9H2,1H3. The van der Waals surface area contributed by atoms with Gasteiger partial charge in [-0.1, -0.05) is 13.3 Å². The highest BCUT2D eigenvalue weighted by Crippen LogP contribution is 2.28. The molecule has 20 heavy (non-hydrogen) atoms. The molecule has 0 fully saturated rings. The van der Waals surface area contributed by atoms with Crippen molar-refractivity contribution < 1.29 is 9.15 Å². The van der Waals surface area contributed by atoms with E-state index in [4.69, 9.17) is 14.4 Å². The molecule has 0 saturated heterocycles. The molecule has 0 aliphatic carbocycles. The van der Waals surface area contributed by atoms with Crippen LogP contribution in [0.3, 0.4) is 0 Å². The van der Waals surface area contributed by atoms with E-state index >= 15 is 0 Å². The van der Waals surface area contributed by atoms with Crippen LogP contribution >= 0.6 is 11.8 Å². The number of hydrogen-bond donors (Lipinski definition) is 0. The van der Waals surface area contributed by atoms with E-state index in [0.717, 1.165) is 35.9 Å². The molecular weight excluding hydrogens is 274 g/mol. The summed E-state index contributed by atoms with van der Waals surface area (Å²) >= 11 is 1.16. The first-order valence-corrected chi connectivity index (χ1v) is 7.43. The highest BCUT2D eigenvalue weighted by atomic mass is 32.2. The summed E-state index contributed by atoms with van der Waals surface area (Å²) in [7, 11) is 0. The second-order valence-corrected chi connectivity index (χ2v) is 5.12. The average molecular weight is 289 g/mol. The maximum atomic E-state index is 11.8. The van der Waals surface area contributed by atoms with E-state index in [1.807, 2.05) is 5.40 Å². The molecule has 0 spiro atoms. The van der Waals surface area contributed by atoms with E-state index in [1.54, 1.807) is 12.1 Å². The molecule has 0 atom stereocenters. The molecule has 5 heteroatoms. The van der Waals surface area contributed by atoms with Gasteiger partial charge in [-0.15, -0.1) is 0 Å². The maximum absolute atomic E-state index is 11.8. The molecule has 104 valence electrons. The number of rotatable bonds is 6. The topological polar surface area (TPSA) is 63.2 Å². The molecule has 0 N–H and O–H groups in total. The zero-order chi connectivity index (χ0) is 14.4. The highest BCUT2D eigenvalue weighted by molar-refractivity contribution is 8.03. The quantitative estimate of drug-likeness (QED) is 0.603. The fourth-order valence-electron chi connectivity index (χ4n) is 2.05. The van der Waals surface area contributed by atoms with Crippen molar-refractivity contribution in [2.24, 2.45) is 0 Å². The fraction of sp³-hybridized carbons (Fsp3) is 0.333. The highest BCUT2D eigenvalue weighted by Gasteiger charge is 2.12. The Labute approximate surface area is 121 Å². The smallest absolute Gasteiger partial charge is 0.192 e. The summed E-state index contributed by atoms with van der Waals surface area (Å²) in [6.07, 6.45) is 3.13. The van der Waals surface area contributed by atoms with Crippen molar-refractivity contribution in [2.45, 2.75) is 19.8 Å². The first-order valence-electron chi connectivity index (χ1n) is 6.45. The number of hydrogen-bond acceptors (Lipinski definition) is 5. The van der Waals surface area contributed by atoms with Crippen LogP contribution in [0, 0.1) is 10.7 Å². The molecule has 2 aromatic rings. The summed E-state index contributed by atoms with van der Waals surface area (Å²) in [4.78, 5) is 11.8. The molecule has 0 aliphatic heterocycles. The lowest BCUT2D eigenvalue weighted by Gasteiger charge is -2.12. The molecule has 0 radical (unpaired) electrons. The molecule has 1 heterocycles. The van der Waals surface area contributed by atoms with Crippen LogP contribution in [0.2, 0.25) is 0 Å². The zero-order valence-corrected chi connectivity index (χ0v) is 12.0. The van der Waals surface area contributed by atoms with E-state index < -0.39 is 0 Å². The second kappa shape index (κ2) is 7.01. The molecule has 1 aromatic heterocycles. The van der Waals surface area contributed by atoms with E-state index in [-0.39, 0.29) is 5.43 Å². The molecule has 0 saturated carbocycles. The predicted octanol–water partition coefficient (Wildman–Crippen LogP) is 3.34. The van der Waals surface area contributed by atoms with Gasteiger partial charge in [0.15, 0.2) is 5.43 Å². The summed E-state index contributed by atoms with van der Waals surface area (Å²) in [5, 5.41) is 11.1. The Balaban J connectivity index is 2.37. The van der Waals surface area contributed by atoms with Gasteiger partial charge in [0.05, 0.1) is 18.3 Å². The van der Waals surface area contributed by atoms with Gasteiger partial charge in [-0.3, -0.25) is 4.79 Å². The van der Waals surface area contributed by atoms with Crippen molar-refractivity contribution in [1.82, 2.24) is 0 Å². The van der Waals surface area contributed by atoms with Gasteiger partial charge in [-0.25, -0.2) is 0 Å². The number of nitriles is 1. The van der Waals surface area contributed by atoms with Crippen molar-refractivity contribution in [1.29, 1.82) is 5.26 Å². The number of thiocyanates is 1. The SMILES string of the molecule is CCCc1c(OCCSC#N)ccc2c(=O)ccoc12. The molecule has 0 bridgehead atoms. The summed E-state index contributed by atoms with van der Waals surface area (Å²) in [5.74, 6) is 1.34. The molecule has 4 nitrogen and oxygen atoms in total. The summed E-state index contributed by atoms with van der Waals surface area (Å²) in [6.45, 7) is 2.52. The van der Waals surface area contributed by atoms with Gasteiger partial charge in [0.2, 0.25) is 0 Å². The lowest BCUT2D eigenvalue weighted by molar-refractivity contribution is 0.340. The van der Waals surface area contributed by atoms with Crippen LogP contribution in [-0.4, -0.2) is 12.4 Å². The maximum Gasteiger partial charge on any atom is 0.192 e. The number of fused-ring (bicyclic) bond motifs is 1. The van der Waals surface area contributed by atoms with Crippen LogP contribution in [0.4, 0.5) is 0 Å². The number of nitrogens with zero attached hydrogens (tertiary/aromatic N) is 1. The minimum Gasteiger partial charge on any atom is -0.492 e. The summed E-state index contributed by atoms with van der Waals surface area (Å²) in [5.41, 5.74) is 1.48. The predicted molar refractivity (Wildman–Crippen MR) is 80.0 cm³/mol. The molecule has 2 rings (SSSR count). The third-order valence-corrected chi connectivity index (χ3v) is 3.40. The van der Waals surface area contributed by atoms with Crippen molar-refractivity contribution in [3.05, 3.63) is 40.2 Å². The average Bonchev–Trinajstić information content (AvgIpc) is 2.46. The van der Waals surface area contributed by atoms with Gasteiger partial charge in [0.25, 0.3) is 0 Å². The summed E-state index contributed by atoms with van der Waals surface area (Å²) < 4.78 is 11.2. The molecule has 1 aromatic carbocycles. The van der Waals surface area contributed by atoms with E-state index in [1.165, 1.54) is 12.3 Å². The Bertz CT molecular complexity index is 688. The van der Waals surface area contributed by atoms with Gasteiger partial charge in [-0.2, -0.15) is 5.26 Å². The normalized spacial score (nSPS) is 10.4. The monoisotopic (exact) mass is 289 g/mol. The van der Waals surface area contributed by atoms with E-state index in [2.05, 4.69) is 6.92 Å². The van der Waals surface area contributed by atoms with Crippen molar-refractivity contribution in [3.63, 3.8) is 0 Å². The third-order valence-electron chi connectivity index (χ3n) is 2.90. The lowest BCUT2D eigenvalue weighted by atomic mass is 10.1. The van der Waals surface area contributed by atoms with Gasteiger partial charge in [0.1, 0.15) is 16.7 Å². The molecule has 0 aliphatic rings. The van der Waals surface area contributed by atoms with Crippen LogP contribution in [0.25, 0.3) is 11.0 Å². The van der Waals surface area contributed by atoms with E-state index in [9.17, 15) is 4.79 Å². The van der Waals surface area contributed by atoms with Crippen LogP contribution in [0.15, 0.2) is 33.7 Å². The first-order chi connectivity index (χ1) is 9.77. The third kappa shape index (κ3) is 3.14. The zero-order valence-electron chi connectivity index (χ0n) is 11.2. The van der Waals surface area contributed by atoms with Crippen molar-refractivity contribution >= 4 is 22.7 Å². The Kier molecular flexibility index (Phi) is 5.08. The van der Waals surface area contributed by atoms with Gasteiger partial charge in [0, 0.05) is 17.4 Å². The van der Waals surface area contributed by atoms with Crippen molar-refractivity contribution in [2.75, 3.05) is 12.4 Å². The minimum absolute atomic E-state index is 0.0461. The van der Waals surface area contributed by atoms with Crippen LogP contribution in [0.5, 0.6) is 5.75 Å². The number of ether oxygens (including phenoxy) is 1. The van der Waals surface area contributed by atoms with Crippen LogP contribution in [0.1, 0.15) is 18.9 Å². The molecular formula is C15H15NO3S. The minimum atomic E-state index is -0.0461. The van der Waals surface area contributed by atoms with Crippen molar-refractivity contribution in [3.8, 4) is 11.2 Å². The van der Waals surface area contributed by atoms with Gasteiger partial charge >= 0.3 is 0 Å². The number of thioether (sulfide) groups is 1. The second-order valence-electron chi connectivity index (χ2n) is 4.24. The number of benzene rings is 1. The Hall–Kier alpha value is -1.93. The van der Waals surface area contributed by atoms with Crippen LogP contribution < -0.4 is 10.2 Å². The first kappa shape index (κ1) is 14.5. The molecule has 0 unspecified atom stereocenters. The Morgan fingerprint density at radius 2 is 2.25 bits per heavy atom. The van der Waals surface area contributed by atoms with Gasteiger partial charge < -0.3 is 9.15 Å². The lowest BCUT2D eigenvalue weighted by Crippen LogP contribution is -2.05. The Morgan fingerprint density at radius 1 is 1.40 bits per heavy atom. The Morgan fingerprint density at radius 3 is 3.00 bits per heavy atom. The number of aryl methyl sites for hydroxylation is 1. The fourth-order valence-corrected chi connectivity index (χ4v) is 2.31. The van der Waals surface area contributed by atoms with Crippen LogP contribution in [-0.2, 0) is 6.42 Å². The van der Waals surface area contributed by atoms with E-state index in [0.29, 0.717) is 23.3 Å². The van der Waals surface area contributed by atoms with Gasteiger partial charge in [-0.05, 0) is 30.3 Å².